The third-order valence-electron chi connectivity index (χ3n) is 3.50. The first-order valence-electron chi connectivity index (χ1n) is 6.98. The molecule has 2 N–H and O–H groups in total. The van der Waals surface area contributed by atoms with Crippen LogP contribution in [0.4, 0.5) is 0 Å². The minimum absolute atomic E-state index is 0.159. The van der Waals surface area contributed by atoms with E-state index in [-0.39, 0.29) is 11.3 Å². The molecular weight excluding hydrogens is 256 g/mol. The van der Waals surface area contributed by atoms with Crippen LogP contribution in [0.1, 0.15) is 44.9 Å². The molecule has 1 rings (SSSR count). The van der Waals surface area contributed by atoms with Gasteiger partial charge in [0.15, 0.2) is 0 Å². The van der Waals surface area contributed by atoms with Gasteiger partial charge in [-0.1, -0.05) is 19.9 Å². The van der Waals surface area contributed by atoms with Gasteiger partial charge in [0.2, 0.25) is 5.91 Å². The van der Waals surface area contributed by atoms with Crippen LogP contribution in [0.3, 0.4) is 0 Å². The van der Waals surface area contributed by atoms with Gasteiger partial charge in [-0.2, -0.15) is 0 Å². The Balaban J connectivity index is 2.46. The van der Waals surface area contributed by atoms with Crippen molar-refractivity contribution in [3.63, 3.8) is 0 Å². The fraction of sp³-hybridized carbons (Fsp3) is 0.667. The monoisotopic (exact) mass is 282 g/mol. The fourth-order valence-corrected chi connectivity index (χ4v) is 2.81. The number of rotatable bonds is 8. The first-order valence-corrected chi connectivity index (χ1v) is 7.86. The van der Waals surface area contributed by atoms with Gasteiger partial charge in [-0.3, -0.25) is 4.79 Å². The second kappa shape index (κ2) is 7.65. The smallest absolute Gasteiger partial charge is 0.222 e. The summed E-state index contributed by atoms with van der Waals surface area (Å²) in [6.07, 6.45) is 2.49. The van der Waals surface area contributed by atoms with E-state index < -0.39 is 0 Å². The lowest BCUT2D eigenvalue weighted by atomic mass is 9.84. The van der Waals surface area contributed by atoms with Crippen molar-refractivity contribution in [3.05, 3.63) is 22.4 Å². The van der Waals surface area contributed by atoms with Crippen molar-refractivity contribution in [2.75, 3.05) is 13.1 Å². The van der Waals surface area contributed by atoms with E-state index in [2.05, 4.69) is 25.3 Å². The summed E-state index contributed by atoms with van der Waals surface area (Å²) in [5, 5.41) is 2.05. The molecule has 0 fully saturated rings. The Morgan fingerprint density at radius 2 is 2.16 bits per heavy atom. The zero-order valence-corrected chi connectivity index (χ0v) is 13.1. The minimum Gasteiger partial charge on any atom is -0.338 e. The van der Waals surface area contributed by atoms with Crippen molar-refractivity contribution in [1.29, 1.82) is 0 Å². The molecule has 3 nitrogen and oxygen atoms in total. The zero-order chi connectivity index (χ0) is 14.3. The Kier molecular flexibility index (Phi) is 6.52. The third-order valence-corrected chi connectivity index (χ3v) is 4.36. The summed E-state index contributed by atoms with van der Waals surface area (Å²) in [6.45, 7) is 8.61. The van der Waals surface area contributed by atoms with Gasteiger partial charge < -0.3 is 10.6 Å². The Hall–Kier alpha value is -0.870. The first-order chi connectivity index (χ1) is 8.98. The van der Waals surface area contributed by atoms with Gasteiger partial charge in [0.05, 0.1) is 6.54 Å². The van der Waals surface area contributed by atoms with E-state index in [0.717, 1.165) is 25.9 Å². The fourth-order valence-electron chi connectivity index (χ4n) is 2.09. The molecule has 108 valence electrons. The number of nitrogens with two attached hydrogens (primary N) is 1. The minimum atomic E-state index is 0.159. The molecule has 19 heavy (non-hydrogen) atoms. The molecule has 1 aromatic rings. The highest BCUT2D eigenvalue weighted by Gasteiger charge is 2.20. The molecule has 4 heteroatoms. The third kappa shape index (κ3) is 5.74. The highest BCUT2D eigenvalue weighted by molar-refractivity contribution is 7.09. The van der Waals surface area contributed by atoms with Gasteiger partial charge in [-0.05, 0) is 43.2 Å². The van der Waals surface area contributed by atoms with Crippen LogP contribution in [0, 0.1) is 5.41 Å². The number of hydrogen-bond donors (Lipinski definition) is 1. The second-order valence-corrected chi connectivity index (χ2v) is 6.72. The van der Waals surface area contributed by atoms with Crippen molar-refractivity contribution in [3.8, 4) is 0 Å². The van der Waals surface area contributed by atoms with Crippen LogP contribution in [-0.4, -0.2) is 23.9 Å². The number of hydrogen-bond acceptors (Lipinski definition) is 3. The Morgan fingerprint density at radius 1 is 1.42 bits per heavy atom. The molecule has 0 bridgehead atoms. The Labute approximate surface area is 120 Å². The van der Waals surface area contributed by atoms with Crippen LogP contribution in [0.15, 0.2) is 17.5 Å². The molecule has 0 atom stereocenters. The second-order valence-electron chi connectivity index (χ2n) is 5.69. The van der Waals surface area contributed by atoms with Gasteiger partial charge in [0.1, 0.15) is 0 Å². The molecule has 1 aromatic heterocycles. The molecular formula is C15H26N2OS. The molecule has 0 saturated heterocycles. The lowest BCUT2D eigenvalue weighted by molar-refractivity contribution is -0.132. The van der Waals surface area contributed by atoms with Gasteiger partial charge in [0.25, 0.3) is 0 Å². The van der Waals surface area contributed by atoms with Crippen LogP contribution in [0.2, 0.25) is 0 Å². The first kappa shape index (κ1) is 16.2. The topological polar surface area (TPSA) is 46.3 Å². The van der Waals surface area contributed by atoms with Gasteiger partial charge in [-0.25, -0.2) is 0 Å². The highest BCUT2D eigenvalue weighted by Crippen LogP contribution is 2.26. The molecule has 0 saturated carbocycles. The highest BCUT2D eigenvalue weighted by atomic mass is 32.1. The summed E-state index contributed by atoms with van der Waals surface area (Å²) in [4.78, 5) is 15.4. The van der Waals surface area contributed by atoms with Crippen LogP contribution < -0.4 is 5.73 Å². The average molecular weight is 282 g/mol. The van der Waals surface area contributed by atoms with Crippen LogP contribution in [0.5, 0.6) is 0 Å². The number of nitrogens with zero attached hydrogens (tertiary/aromatic N) is 1. The molecule has 0 aliphatic carbocycles. The van der Waals surface area contributed by atoms with E-state index >= 15 is 0 Å². The van der Waals surface area contributed by atoms with E-state index in [1.54, 1.807) is 11.3 Å². The molecule has 0 aliphatic rings. The van der Waals surface area contributed by atoms with E-state index in [1.165, 1.54) is 4.88 Å². The number of thiophene rings is 1. The lowest BCUT2D eigenvalue weighted by Gasteiger charge is -2.26. The molecule has 0 unspecified atom stereocenters. The summed E-state index contributed by atoms with van der Waals surface area (Å²) in [6, 6.07) is 4.11. The van der Waals surface area contributed by atoms with Crippen molar-refractivity contribution in [2.24, 2.45) is 11.1 Å². The van der Waals surface area contributed by atoms with Gasteiger partial charge in [-0.15, -0.1) is 11.3 Å². The summed E-state index contributed by atoms with van der Waals surface area (Å²) >= 11 is 1.71. The number of carbonyl (C=O) groups is 1. The number of amides is 1. The predicted molar refractivity (Wildman–Crippen MR) is 82.1 cm³/mol. The summed E-state index contributed by atoms with van der Waals surface area (Å²) in [5.41, 5.74) is 5.76. The molecule has 0 spiro atoms. The standard InChI is InChI=1S/C15H26N2OS/c1-4-17(12-13-6-5-11-19-13)14(18)7-8-15(2,3)9-10-16/h5-6,11H,4,7-10,12,16H2,1-3H3. The quantitative estimate of drug-likeness (QED) is 0.795. The van der Waals surface area contributed by atoms with E-state index in [1.807, 2.05) is 17.9 Å². The lowest BCUT2D eigenvalue weighted by Crippen LogP contribution is -2.31. The SMILES string of the molecule is CCN(Cc1cccs1)C(=O)CCC(C)(C)CCN. The zero-order valence-electron chi connectivity index (χ0n) is 12.3. The van der Waals surface area contributed by atoms with Crippen molar-refractivity contribution < 1.29 is 4.79 Å². The summed E-state index contributed by atoms with van der Waals surface area (Å²) in [5.74, 6) is 0.251. The Bertz CT molecular complexity index is 374. The predicted octanol–water partition coefficient (Wildman–Crippen LogP) is 3.25. The Morgan fingerprint density at radius 3 is 2.68 bits per heavy atom. The maximum Gasteiger partial charge on any atom is 0.222 e. The van der Waals surface area contributed by atoms with E-state index in [0.29, 0.717) is 13.0 Å². The molecule has 1 heterocycles. The molecule has 0 radical (unpaired) electrons. The maximum absolute atomic E-state index is 12.3. The summed E-state index contributed by atoms with van der Waals surface area (Å²) < 4.78 is 0. The van der Waals surface area contributed by atoms with Crippen molar-refractivity contribution in [2.45, 2.75) is 46.6 Å². The normalized spacial score (nSPS) is 11.6. The van der Waals surface area contributed by atoms with Crippen LogP contribution in [0.25, 0.3) is 0 Å². The molecule has 0 aliphatic heterocycles. The van der Waals surface area contributed by atoms with Gasteiger partial charge >= 0.3 is 0 Å². The summed E-state index contributed by atoms with van der Waals surface area (Å²) in [7, 11) is 0. The van der Waals surface area contributed by atoms with E-state index in [4.69, 9.17) is 5.73 Å². The van der Waals surface area contributed by atoms with Gasteiger partial charge in [0, 0.05) is 17.8 Å². The largest absolute Gasteiger partial charge is 0.338 e. The number of carbonyl (C=O) groups excluding carboxylic acids is 1. The average Bonchev–Trinajstić information content (AvgIpc) is 2.86. The maximum atomic E-state index is 12.3. The molecule has 0 aromatic carbocycles. The molecule has 1 amide bonds. The van der Waals surface area contributed by atoms with Crippen LogP contribution >= 0.6 is 11.3 Å². The van der Waals surface area contributed by atoms with E-state index in [9.17, 15) is 4.79 Å². The van der Waals surface area contributed by atoms with Crippen molar-refractivity contribution >= 4 is 17.2 Å². The van der Waals surface area contributed by atoms with Crippen molar-refractivity contribution in [1.82, 2.24) is 4.90 Å². The van der Waals surface area contributed by atoms with Crippen LogP contribution in [-0.2, 0) is 11.3 Å².